The molecule has 1 fully saturated rings. The minimum absolute atomic E-state index is 0.0558. The Hall–Kier alpha value is -0.660. The number of aliphatic carboxylic acids is 1. The Balaban J connectivity index is 2.47. The molecule has 0 bridgehead atoms. The van der Waals surface area contributed by atoms with Crippen molar-refractivity contribution in [1.82, 2.24) is 4.72 Å². The molecule has 0 aromatic carbocycles. The molecule has 1 aliphatic carbocycles. The van der Waals surface area contributed by atoms with Gasteiger partial charge in [-0.15, -0.1) is 0 Å². The molecule has 1 unspecified atom stereocenters. The highest BCUT2D eigenvalue weighted by Crippen LogP contribution is 2.18. The highest BCUT2D eigenvalue weighted by atomic mass is 32.2. The molecular formula is C9H18N2O4S. The molecule has 4 N–H and O–H groups in total. The van der Waals surface area contributed by atoms with Gasteiger partial charge in [0.2, 0.25) is 10.0 Å². The Bertz CT molecular complexity index is 335. The van der Waals surface area contributed by atoms with Gasteiger partial charge in [-0.1, -0.05) is 19.3 Å². The third-order valence-corrected chi connectivity index (χ3v) is 4.16. The van der Waals surface area contributed by atoms with E-state index < -0.39 is 27.8 Å². The van der Waals surface area contributed by atoms with E-state index in [9.17, 15) is 13.2 Å². The van der Waals surface area contributed by atoms with Gasteiger partial charge >= 0.3 is 5.97 Å². The maximum atomic E-state index is 11.6. The van der Waals surface area contributed by atoms with E-state index in [2.05, 4.69) is 4.72 Å². The van der Waals surface area contributed by atoms with Crippen LogP contribution in [0.2, 0.25) is 0 Å². The summed E-state index contributed by atoms with van der Waals surface area (Å²) in [5.41, 5.74) is 5.19. The number of sulfonamides is 1. The van der Waals surface area contributed by atoms with Gasteiger partial charge in [0, 0.05) is 6.04 Å². The van der Waals surface area contributed by atoms with Gasteiger partial charge in [-0.05, 0) is 12.8 Å². The number of hydrogen-bond acceptors (Lipinski definition) is 4. The molecule has 0 spiro atoms. The largest absolute Gasteiger partial charge is 0.480 e. The molecule has 0 aromatic heterocycles. The normalized spacial score (nSPS) is 20.6. The predicted molar refractivity (Wildman–Crippen MR) is 59.4 cm³/mol. The van der Waals surface area contributed by atoms with Crippen LogP contribution in [0.4, 0.5) is 0 Å². The molecule has 0 heterocycles. The summed E-state index contributed by atoms with van der Waals surface area (Å²) in [7, 11) is -3.58. The van der Waals surface area contributed by atoms with E-state index in [1.165, 1.54) is 0 Å². The first-order valence-corrected chi connectivity index (χ1v) is 7.04. The van der Waals surface area contributed by atoms with E-state index in [0.29, 0.717) is 0 Å². The molecule has 6 nitrogen and oxygen atoms in total. The topological polar surface area (TPSA) is 109 Å². The van der Waals surface area contributed by atoms with Crippen molar-refractivity contribution >= 4 is 16.0 Å². The summed E-state index contributed by atoms with van der Waals surface area (Å²) < 4.78 is 25.6. The van der Waals surface area contributed by atoms with E-state index >= 15 is 0 Å². The maximum absolute atomic E-state index is 11.6. The van der Waals surface area contributed by atoms with E-state index in [1.54, 1.807) is 0 Å². The van der Waals surface area contributed by atoms with Crippen molar-refractivity contribution in [1.29, 1.82) is 0 Å². The van der Waals surface area contributed by atoms with Crippen molar-refractivity contribution in [2.75, 3.05) is 5.75 Å². The lowest BCUT2D eigenvalue weighted by Gasteiger charge is -2.22. The molecule has 0 aliphatic heterocycles. The molecule has 0 radical (unpaired) electrons. The number of nitrogens with one attached hydrogen (secondary N) is 1. The fourth-order valence-electron chi connectivity index (χ4n) is 1.83. The van der Waals surface area contributed by atoms with Gasteiger partial charge in [0.1, 0.15) is 6.04 Å². The highest BCUT2D eigenvalue weighted by Gasteiger charge is 2.24. The summed E-state index contributed by atoms with van der Waals surface area (Å²) in [6, 6.07) is -1.42. The standard InChI is InChI=1S/C9H18N2O4S/c10-8(9(12)13)6-16(14,15)11-7-4-2-1-3-5-7/h7-8,11H,1-6,10H2,(H,12,13). The summed E-state index contributed by atoms with van der Waals surface area (Å²) in [6.45, 7) is 0. The summed E-state index contributed by atoms with van der Waals surface area (Å²) in [4.78, 5) is 10.5. The second-order valence-corrected chi connectivity index (χ2v) is 5.98. The molecule has 0 saturated heterocycles. The Morgan fingerprint density at radius 1 is 1.38 bits per heavy atom. The highest BCUT2D eigenvalue weighted by molar-refractivity contribution is 7.89. The van der Waals surface area contributed by atoms with E-state index in [-0.39, 0.29) is 6.04 Å². The van der Waals surface area contributed by atoms with Crippen LogP contribution in [0.15, 0.2) is 0 Å². The smallest absolute Gasteiger partial charge is 0.321 e. The van der Waals surface area contributed by atoms with Crippen molar-refractivity contribution in [2.24, 2.45) is 5.73 Å². The Morgan fingerprint density at radius 2 is 1.94 bits per heavy atom. The number of rotatable bonds is 5. The minimum atomic E-state index is -3.58. The fraction of sp³-hybridized carbons (Fsp3) is 0.889. The van der Waals surface area contributed by atoms with Crippen LogP contribution in [-0.4, -0.2) is 37.3 Å². The van der Waals surface area contributed by atoms with Gasteiger partial charge in [-0.3, -0.25) is 4.79 Å². The fourth-order valence-corrected chi connectivity index (χ4v) is 3.29. The third kappa shape index (κ3) is 4.46. The van der Waals surface area contributed by atoms with Crippen LogP contribution in [0.25, 0.3) is 0 Å². The Labute approximate surface area is 95.3 Å². The van der Waals surface area contributed by atoms with E-state index in [1.807, 2.05) is 0 Å². The zero-order valence-corrected chi connectivity index (χ0v) is 9.87. The summed E-state index contributed by atoms with van der Waals surface area (Å²) in [5, 5.41) is 8.53. The molecule has 0 amide bonds. The van der Waals surface area contributed by atoms with Crippen LogP contribution in [0.3, 0.4) is 0 Å². The molecule has 1 atom stereocenters. The maximum Gasteiger partial charge on any atom is 0.321 e. The predicted octanol–water partition coefficient (Wildman–Crippen LogP) is -0.350. The molecule has 1 aliphatic rings. The van der Waals surface area contributed by atoms with Crippen LogP contribution < -0.4 is 10.5 Å². The number of hydrogen-bond donors (Lipinski definition) is 3. The molecule has 1 rings (SSSR count). The summed E-state index contributed by atoms with van der Waals surface area (Å²) in [6.07, 6.45) is 4.80. The van der Waals surface area contributed by atoms with Gasteiger partial charge < -0.3 is 10.8 Å². The van der Waals surface area contributed by atoms with Crippen molar-refractivity contribution in [3.05, 3.63) is 0 Å². The molecule has 16 heavy (non-hydrogen) atoms. The number of nitrogens with two attached hydrogens (primary N) is 1. The molecule has 7 heteroatoms. The third-order valence-electron chi connectivity index (χ3n) is 2.67. The first kappa shape index (κ1) is 13.4. The molecule has 94 valence electrons. The monoisotopic (exact) mass is 250 g/mol. The molecule has 1 saturated carbocycles. The zero-order chi connectivity index (χ0) is 12.2. The number of carbonyl (C=O) groups is 1. The molecular weight excluding hydrogens is 232 g/mol. The Morgan fingerprint density at radius 3 is 2.44 bits per heavy atom. The second kappa shape index (κ2) is 5.60. The first-order chi connectivity index (χ1) is 7.41. The quantitative estimate of drug-likeness (QED) is 0.618. The lowest BCUT2D eigenvalue weighted by Crippen LogP contribution is -2.45. The van der Waals surface area contributed by atoms with Crippen LogP contribution in [0.5, 0.6) is 0 Å². The average Bonchev–Trinajstić information content (AvgIpc) is 2.17. The second-order valence-electron chi connectivity index (χ2n) is 4.18. The van der Waals surface area contributed by atoms with Gasteiger partial charge in [0.15, 0.2) is 0 Å². The zero-order valence-electron chi connectivity index (χ0n) is 9.05. The SMILES string of the molecule is NC(CS(=O)(=O)NC1CCCCC1)C(=O)O. The van der Waals surface area contributed by atoms with Crippen molar-refractivity contribution in [2.45, 2.75) is 44.2 Å². The lowest BCUT2D eigenvalue weighted by atomic mass is 9.96. The van der Waals surface area contributed by atoms with Crippen LogP contribution in [0, 0.1) is 0 Å². The molecule has 0 aromatic rings. The summed E-state index contributed by atoms with van der Waals surface area (Å²) >= 11 is 0. The Kier molecular flexibility index (Phi) is 4.69. The van der Waals surface area contributed by atoms with Crippen molar-refractivity contribution in [3.8, 4) is 0 Å². The van der Waals surface area contributed by atoms with Gasteiger partial charge in [-0.2, -0.15) is 0 Å². The van der Waals surface area contributed by atoms with Crippen molar-refractivity contribution in [3.63, 3.8) is 0 Å². The van der Waals surface area contributed by atoms with Gasteiger partial charge in [0.05, 0.1) is 5.75 Å². The minimum Gasteiger partial charge on any atom is -0.480 e. The van der Waals surface area contributed by atoms with Crippen LogP contribution in [0.1, 0.15) is 32.1 Å². The first-order valence-electron chi connectivity index (χ1n) is 5.39. The van der Waals surface area contributed by atoms with Crippen LogP contribution in [-0.2, 0) is 14.8 Å². The number of carboxylic acid groups (broad SMARTS) is 1. The van der Waals surface area contributed by atoms with Gasteiger partial charge in [0.25, 0.3) is 0 Å². The average molecular weight is 250 g/mol. The lowest BCUT2D eigenvalue weighted by molar-refractivity contribution is -0.137. The summed E-state index contributed by atoms with van der Waals surface area (Å²) in [5.74, 6) is -1.85. The number of carboxylic acids is 1. The van der Waals surface area contributed by atoms with Gasteiger partial charge in [-0.25, -0.2) is 13.1 Å². The van der Waals surface area contributed by atoms with E-state index in [4.69, 9.17) is 10.8 Å². The van der Waals surface area contributed by atoms with Crippen LogP contribution >= 0.6 is 0 Å². The van der Waals surface area contributed by atoms with Crippen molar-refractivity contribution < 1.29 is 18.3 Å². The van der Waals surface area contributed by atoms with E-state index in [0.717, 1.165) is 32.1 Å².